The standard InChI is InChI=1S/C21H27NOS/c1-5-18-6-8-20(9-7-18)17(4)22-21(23)14-24-13-19-11-15(2)10-16(3)12-19/h6-12,17H,5,13-14H2,1-4H3,(H,22,23)/t17-/m0/s1. The highest BCUT2D eigenvalue weighted by Crippen LogP contribution is 2.17. The van der Waals surface area contributed by atoms with Gasteiger partial charge in [0, 0.05) is 5.75 Å². The van der Waals surface area contributed by atoms with Gasteiger partial charge in [0.15, 0.2) is 0 Å². The van der Waals surface area contributed by atoms with Gasteiger partial charge in [-0.05, 0) is 43.9 Å². The molecule has 0 saturated heterocycles. The lowest BCUT2D eigenvalue weighted by Crippen LogP contribution is -2.28. The lowest BCUT2D eigenvalue weighted by Gasteiger charge is -2.15. The van der Waals surface area contributed by atoms with Crippen LogP contribution in [0, 0.1) is 13.8 Å². The number of nitrogens with one attached hydrogen (secondary N) is 1. The maximum Gasteiger partial charge on any atom is 0.230 e. The highest BCUT2D eigenvalue weighted by molar-refractivity contribution is 7.99. The summed E-state index contributed by atoms with van der Waals surface area (Å²) in [4.78, 5) is 12.1. The van der Waals surface area contributed by atoms with Gasteiger partial charge in [-0.25, -0.2) is 0 Å². The predicted molar refractivity (Wildman–Crippen MR) is 104 cm³/mol. The molecule has 0 aliphatic rings. The van der Waals surface area contributed by atoms with Crippen molar-refractivity contribution in [2.75, 3.05) is 5.75 Å². The van der Waals surface area contributed by atoms with E-state index in [-0.39, 0.29) is 11.9 Å². The van der Waals surface area contributed by atoms with E-state index in [0.717, 1.165) is 17.7 Å². The number of carbonyl (C=O) groups is 1. The Kier molecular flexibility index (Phi) is 6.92. The lowest BCUT2D eigenvalue weighted by atomic mass is 10.1. The van der Waals surface area contributed by atoms with E-state index in [1.807, 2.05) is 6.92 Å². The van der Waals surface area contributed by atoms with E-state index < -0.39 is 0 Å². The van der Waals surface area contributed by atoms with Gasteiger partial charge < -0.3 is 5.32 Å². The Morgan fingerprint density at radius 1 is 1.04 bits per heavy atom. The first kappa shape index (κ1) is 18.6. The Labute approximate surface area is 150 Å². The molecule has 0 bridgehead atoms. The summed E-state index contributed by atoms with van der Waals surface area (Å²) in [6.07, 6.45) is 1.04. The van der Waals surface area contributed by atoms with Crippen molar-refractivity contribution in [3.63, 3.8) is 0 Å². The molecule has 0 aliphatic heterocycles. The SMILES string of the molecule is CCc1ccc([C@H](C)NC(=O)CSCc2cc(C)cc(C)c2)cc1. The minimum absolute atomic E-state index is 0.0465. The molecule has 0 spiro atoms. The molecule has 0 saturated carbocycles. The van der Waals surface area contributed by atoms with Crippen LogP contribution in [0.15, 0.2) is 42.5 Å². The number of rotatable bonds is 7. The summed E-state index contributed by atoms with van der Waals surface area (Å²) in [6.45, 7) is 8.40. The zero-order valence-electron chi connectivity index (χ0n) is 15.1. The van der Waals surface area contributed by atoms with Crippen LogP contribution in [-0.4, -0.2) is 11.7 Å². The van der Waals surface area contributed by atoms with Crippen LogP contribution >= 0.6 is 11.8 Å². The van der Waals surface area contributed by atoms with Crippen molar-refractivity contribution >= 4 is 17.7 Å². The number of carbonyl (C=O) groups excluding carboxylic acids is 1. The first-order chi connectivity index (χ1) is 11.5. The highest BCUT2D eigenvalue weighted by atomic mass is 32.2. The summed E-state index contributed by atoms with van der Waals surface area (Å²) in [5, 5.41) is 3.08. The number of aryl methyl sites for hydroxylation is 3. The number of amides is 1. The molecule has 128 valence electrons. The van der Waals surface area contributed by atoms with E-state index in [9.17, 15) is 4.79 Å². The molecule has 3 heteroatoms. The van der Waals surface area contributed by atoms with Gasteiger partial charge in [-0.1, -0.05) is 60.5 Å². The van der Waals surface area contributed by atoms with E-state index in [1.165, 1.54) is 22.3 Å². The molecule has 2 aromatic carbocycles. The molecule has 2 nitrogen and oxygen atoms in total. The fourth-order valence-electron chi connectivity index (χ4n) is 2.82. The summed E-state index contributed by atoms with van der Waals surface area (Å²) in [6, 6.07) is 15.1. The second-order valence-corrected chi connectivity index (χ2v) is 7.36. The Bertz CT molecular complexity index is 658. The van der Waals surface area contributed by atoms with Crippen LogP contribution in [-0.2, 0) is 17.0 Å². The second-order valence-electron chi connectivity index (χ2n) is 6.37. The average Bonchev–Trinajstić information content (AvgIpc) is 2.54. The normalized spacial score (nSPS) is 12.0. The number of hydrogen-bond acceptors (Lipinski definition) is 2. The Morgan fingerprint density at radius 3 is 2.25 bits per heavy atom. The van der Waals surface area contributed by atoms with Crippen molar-refractivity contribution in [1.29, 1.82) is 0 Å². The molecule has 1 N–H and O–H groups in total. The van der Waals surface area contributed by atoms with Gasteiger partial charge in [0.1, 0.15) is 0 Å². The summed E-state index contributed by atoms with van der Waals surface area (Å²) in [7, 11) is 0. The van der Waals surface area contributed by atoms with Crippen molar-refractivity contribution < 1.29 is 4.79 Å². The van der Waals surface area contributed by atoms with Crippen LogP contribution in [0.25, 0.3) is 0 Å². The van der Waals surface area contributed by atoms with Crippen LogP contribution in [0.5, 0.6) is 0 Å². The molecule has 0 unspecified atom stereocenters. The summed E-state index contributed by atoms with van der Waals surface area (Å²) < 4.78 is 0. The van der Waals surface area contributed by atoms with Crippen LogP contribution in [0.4, 0.5) is 0 Å². The fraction of sp³-hybridized carbons (Fsp3) is 0.381. The van der Waals surface area contributed by atoms with Crippen LogP contribution in [0.3, 0.4) is 0 Å². The third-order valence-corrected chi connectivity index (χ3v) is 5.05. The van der Waals surface area contributed by atoms with Gasteiger partial charge in [-0.3, -0.25) is 4.79 Å². The van der Waals surface area contributed by atoms with Crippen molar-refractivity contribution in [1.82, 2.24) is 5.32 Å². The Balaban J connectivity index is 1.79. The third kappa shape index (κ3) is 5.72. The third-order valence-electron chi connectivity index (χ3n) is 4.05. The zero-order chi connectivity index (χ0) is 17.5. The topological polar surface area (TPSA) is 29.1 Å². The molecule has 1 amide bonds. The maximum atomic E-state index is 12.1. The second kappa shape index (κ2) is 8.93. The molecular weight excluding hydrogens is 314 g/mol. The quantitative estimate of drug-likeness (QED) is 0.770. The predicted octanol–water partition coefficient (Wildman–Crippen LogP) is 4.98. The molecule has 2 aromatic rings. The molecule has 0 aliphatic carbocycles. The van der Waals surface area contributed by atoms with Gasteiger partial charge in [0.25, 0.3) is 0 Å². The van der Waals surface area contributed by atoms with E-state index in [2.05, 4.69) is 68.6 Å². The van der Waals surface area contributed by atoms with Gasteiger partial charge in [0.2, 0.25) is 5.91 Å². The van der Waals surface area contributed by atoms with Crippen LogP contribution in [0.1, 0.15) is 47.7 Å². The molecule has 24 heavy (non-hydrogen) atoms. The Morgan fingerprint density at radius 2 is 1.67 bits per heavy atom. The molecule has 0 heterocycles. The number of thioether (sulfide) groups is 1. The molecule has 0 fully saturated rings. The summed E-state index contributed by atoms with van der Waals surface area (Å²) in [5.41, 5.74) is 6.31. The first-order valence-electron chi connectivity index (χ1n) is 8.51. The lowest BCUT2D eigenvalue weighted by molar-refractivity contribution is -0.119. The average molecular weight is 342 g/mol. The van der Waals surface area contributed by atoms with Gasteiger partial charge in [-0.2, -0.15) is 0 Å². The first-order valence-corrected chi connectivity index (χ1v) is 9.66. The van der Waals surface area contributed by atoms with E-state index >= 15 is 0 Å². The number of benzene rings is 2. The fourth-order valence-corrected chi connectivity index (χ4v) is 3.60. The molecular formula is C21H27NOS. The summed E-state index contributed by atoms with van der Waals surface area (Å²) in [5.74, 6) is 1.45. The minimum Gasteiger partial charge on any atom is -0.349 e. The van der Waals surface area contributed by atoms with Crippen molar-refractivity contribution in [3.05, 3.63) is 70.3 Å². The van der Waals surface area contributed by atoms with Crippen LogP contribution < -0.4 is 5.32 Å². The van der Waals surface area contributed by atoms with Crippen molar-refractivity contribution in [2.24, 2.45) is 0 Å². The molecule has 2 rings (SSSR count). The largest absolute Gasteiger partial charge is 0.349 e. The molecule has 0 aromatic heterocycles. The minimum atomic E-state index is 0.0465. The van der Waals surface area contributed by atoms with E-state index in [4.69, 9.17) is 0 Å². The zero-order valence-corrected chi connectivity index (χ0v) is 15.9. The maximum absolute atomic E-state index is 12.1. The van der Waals surface area contributed by atoms with Gasteiger partial charge in [-0.15, -0.1) is 11.8 Å². The van der Waals surface area contributed by atoms with Gasteiger partial charge >= 0.3 is 0 Å². The van der Waals surface area contributed by atoms with Crippen LogP contribution in [0.2, 0.25) is 0 Å². The number of hydrogen-bond donors (Lipinski definition) is 1. The van der Waals surface area contributed by atoms with Crippen molar-refractivity contribution in [3.8, 4) is 0 Å². The molecule has 1 atom stereocenters. The van der Waals surface area contributed by atoms with Gasteiger partial charge in [0.05, 0.1) is 11.8 Å². The smallest absolute Gasteiger partial charge is 0.230 e. The highest BCUT2D eigenvalue weighted by Gasteiger charge is 2.09. The van der Waals surface area contributed by atoms with E-state index in [0.29, 0.717) is 5.75 Å². The Hall–Kier alpha value is -1.74. The summed E-state index contributed by atoms with van der Waals surface area (Å²) >= 11 is 1.66. The molecule has 0 radical (unpaired) electrons. The monoisotopic (exact) mass is 341 g/mol. The van der Waals surface area contributed by atoms with E-state index in [1.54, 1.807) is 11.8 Å². The van der Waals surface area contributed by atoms with Crippen molar-refractivity contribution in [2.45, 2.75) is 45.9 Å².